The van der Waals surface area contributed by atoms with Crippen LogP contribution in [0.4, 0.5) is 10.5 Å². The third kappa shape index (κ3) is 7.06. The first kappa shape index (κ1) is 24.3. The first-order valence-electron chi connectivity index (χ1n) is 10.8. The number of anilines is 1. The van der Waals surface area contributed by atoms with Gasteiger partial charge in [0.15, 0.2) is 0 Å². The number of carbonyl (C=O) groups is 3. The zero-order chi connectivity index (χ0) is 24.3. The van der Waals surface area contributed by atoms with E-state index in [-0.39, 0.29) is 13.0 Å². The summed E-state index contributed by atoms with van der Waals surface area (Å²) in [5.74, 6) is -1.58. The van der Waals surface area contributed by atoms with Crippen molar-refractivity contribution in [2.45, 2.75) is 18.9 Å². The number of nitrogens with one attached hydrogen (secondary N) is 2. The van der Waals surface area contributed by atoms with Crippen LogP contribution in [-0.4, -0.2) is 35.7 Å². The van der Waals surface area contributed by atoms with Gasteiger partial charge in [0.2, 0.25) is 0 Å². The Balaban J connectivity index is 1.67. The molecule has 0 fully saturated rings. The number of carbonyl (C=O) groups excluding carboxylic acids is 2. The fraction of sp³-hybridized carbons (Fsp3) is 0.148. The second-order valence-corrected chi connectivity index (χ2v) is 7.60. The molecule has 0 saturated carbocycles. The van der Waals surface area contributed by atoms with Crippen LogP contribution in [0.2, 0.25) is 0 Å². The second-order valence-electron chi connectivity index (χ2n) is 7.60. The monoisotopic (exact) mass is 458 g/mol. The molecular formula is C27H26N2O5. The maximum absolute atomic E-state index is 13.0. The van der Waals surface area contributed by atoms with Crippen molar-refractivity contribution in [3.8, 4) is 0 Å². The van der Waals surface area contributed by atoms with E-state index in [1.165, 1.54) is 6.08 Å². The van der Waals surface area contributed by atoms with Gasteiger partial charge in [-0.3, -0.25) is 10.1 Å². The number of amides is 2. The third-order valence-corrected chi connectivity index (χ3v) is 5.08. The largest absolute Gasteiger partial charge is 0.480 e. The van der Waals surface area contributed by atoms with E-state index in [4.69, 9.17) is 4.74 Å². The van der Waals surface area contributed by atoms with E-state index < -0.39 is 24.0 Å². The summed E-state index contributed by atoms with van der Waals surface area (Å²) in [6, 6.07) is 22.5. The lowest BCUT2D eigenvalue weighted by Crippen LogP contribution is -2.42. The van der Waals surface area contributed by atoms with Crippen LogP contribution in [0.25, 0.3) is 0 Å². The molecule has 7 heteroatoms. The van der Waals surface area contributed by atoms with Crippen LogP contribution in [0.15, 0.2) is 91.5 Å². The molecule has 174 valence electrons. The number of hydrogen-bond acceptors (Lipinski definition) is 4. The Hall–Kier alpha value is -4.39. The molecule has 0 radical (unpaired) electrons. The van der Waals surface area contributed by atoms with Gasteiger partial charge in [0.25, 0.3) is 5.91 Å². The molecule has 7 nitrogen and oxygen atoms in total. The van der Waals surface area contributed by atoms with E-state index in [0.717, 1.165) is 11.1 Å². The molecular weight excluding hydrogens is 432 g/mol. The molecule has 0 bridgehead atoms. The van der Waals surface area contributed by atoms with Gasteiger partial charge in [0, 0.05) is 17.7 Å². The van der Waals surface area contributed by atoms with Crippen molar-refractivity contribution in [3.63, 3.8) is 0 Å². The predicted molar refractivity (Wildman–Crippen MR) is 130 cm³/mol. The maximum atomic E-state index is 13.0. The number of carboxylic acids is 1. The summed E-state index contributed by atoms with van der Waals surface area (Å²) in [5, 5.41) is 14.9. The molecule has 0 aromatic heterocycles. The Morgan fingerprint density at radius 3 is 2.26 bits per heavy atom. The van der Waals surface area contributed by atoms with Gasteiger partial charge < -0.3 is 15.2 Å². The summed E-state index contributed by atoms with van der Waals surface area (Å²) in [6.45, 7) is 3.57. The molecule has 0 aliphatic carbocycles. The number of hydrogen-bond donors (Lipinski definition) is 3. The van der Waals surface area contributed by atoms with Crippen LogP contribution < -0.4 is 10.6 Å². The Morgan fingerprint density at radius 2 is 1.59 bits per heavy atom. The van der Waals surface area contributed by atoms with Crippen molar-refractivity contribution in [2.24, 2.45) is 0 Å². The molecule has 0 saturated heterocycles. The highest BCUT2D eigenvalue weighted by molar-refractivity contribution is 5.98. The standard InChI is InChI=1S/C27H26N2O5/c1-2-16-34-27(33)28-22-14-12-20(13-15-22)18-24(26(31)32)29-25(30)23-11-7-6-10-21(23)17-19-8-4-3-5-9-19/h2-15,24H,1,16-18H2,(H,28,33)(H,29,30)(H,31,32)/t24-/m0/s1. The van der Waals surface area contributed by atoms with Gasteiger partial charge >= 0.3 is 12.1 Å². The third-order valence-electron chi connectivity index (χ3n) is 5.08. The molecule has 3 aromatic carbocycles. The summed E-state index contributed by atoms with van der Waals surface area (Å²) in [6.07, 6.45) is 1.50. The summed E-state index contributed by atoms with van der Waals surface area (Å²) < 4.78 is 4.86. The van der Waals surface area contributed by atoms with Gasteiger partial charge in [-0.25, -0.2) is 9.59 Å². The lowest BCUT2D eigenvalue weighted by atomic mass is 9.98. The molecule has 1 atom stereocenters. The van der Waals surface area contributed by atoms with E-state index in [2.05, 4.69) is 17.2 Å². The van der Waals surface area contributed by atoms with E-state index in [1.807, 2.05) is 42.5 Å². The number of carboxylic acid groups (broad SMARTS) is 1. The molecule has 0 spiro atoms. The van der Waals surface area contributed by atoms with Gasteiger partial charge in [-0.05, 0) is 41.3 Å². The van der Waals surface area contributed by atoms with Gasteiger partial charge in [0.1, 0.15) is 12.6 Å². The Labute approximate surface area is 198 Å². The zero-order valence-electron chi connectivity index (χ0n) is 18.6. The highest BCUT2D eigenvalue weighted by Crippen LogP contribution is 2.16. The van der Waals surface area contributed by atoms with Crippen molar-refractivity contribution in [1.29, 1.82) is 0 Å². The van der Waals surface area contributed by atoms with Crippen LogP contribution >= 0.6 is 0 Å². The van der Waals surface area contributed by atoms with Gasteiger partial charge in [-0.2, -0.15) is 0 Å². The highest BCUT2D eigenvalue weighted by Gasteiger charge is 2.22. The SMILES string of the molecule is C=CCOC(=O)Nc1ccc(C[C@H](NC(=O)c2ccccc2Cc2ccccc2)C(=O)O)cc1. The average molecular weight is 459 g/mol. The van der Waals surface area contributed by atoms with E-state index >= 15 is 0 Å². The van der Waals surface area contributed by atoms with Crippen LogP contribution in [0.1, 0.15) is 27.0 Å². The predicted octanol–water partition coefficient (Wildman–Crippen LogP) is 4.44. The van der Waals surface area contributed by atoms with Crippen molar-refractivity contribution in [3.05, 3.63) is 114 Å². The van der Waals surface area contributed by atoms with E-state index in [0.29, 0.717) is 23.2 Å². The Kier molecular flexibility index (Phi) is 8.57. The van der Waals surface area contributed by atoms with Crippen LogP contribution in [0.5, 0.6) is 0 Å². The summed E-state index contributed by atoms with van der Waals surface area (Å²) in [4.78, 5) is 36.5. The van der Waals surface area contributed by atoms with Crippen molar-refractivity contribution < 1.29 is 24.2 Å². The van der Waals surface area contributed by atoms with Crippen molar-refractivity contribution >= 4 is 23.7 Å². The maximum Gasteiger partial charge on any atom is 0.411 e. The van der Waals surface area contributed by atoms with E-state index in [9.17, 15) is 19.5 Å². The van der Waals surface area contributed by atoms with Crippen molar-refractivity contribution in [1.82, 2.24) is 5.32 Å². The normalized spacial score (nSPS) is 11.2. The topological polar surface area (TPSA) is 105 Å². The smallest absolute Gasteiger partial charge is 0.411 e. The molecule has 0 heterocycles. The number of ether oxygens (including phenoxy) is 1. The molecule has 3 N–H and O–H groups in total. The fourth-order valence-corrected chi connectivity index (χ4v) is 3.40. The number of rotatable bonds is 10. The van der Waals surface area contributed by atoms with E-state index in [1.54, 1.807) is 36.4 Å². The van der Waals surface area contributed by atoms with Crippen LogP contribution in [0, 0.1) is 0 Å². The number of aliphatic carboxylic acids is 1. The summed E-state index contributed by atoms with van der Waals surface area (Å²) in [5.41, 5.74) is 3.50. The van der Waals surface area contributed by atoms with Gasteiger partial charge in [-0.1, -0.05) is 73.3 Å². The molecule has 0 aliphatic heterocycles. The molecule has 2 amide bonds. The second kappa shape index (κ2) is 12.0. The van der Waals surface area contributed by atoms with Gasteiger partial charge in [-0.15, -0.1) is 0 Å². The highest BCUT2D eigenvalue weighted by atomic mass is 16.5. The number of benzene rings is 3. The average Bonchev–Trinajstić information content (AvgIpc) is 2.84. The summed E-state index contributed by atoms with van der Waals surface area (Å²) >= 11 is 0. The van der Waals surface area contributed by atoms with Crippen molar-refractivity contribution in [2.75, 3.05) is 11.9 Å². The van der Waals surface area contributed by atoms with Crippen LogP contribution in [-0.2, 0) is 22.4 Å². The molecule has 34 heavy (non-hydrogen) atoms. The Bertz CT molecular complexity index is 1140. The molecule has 3 rings (SSSR count). The minimum Gasteiger partial charge on any atom is -0.480 e. The zero-order valence-corrected chi connectivity index (χ0v) is 18.6. The molecule has 0 aliphatic rings. The lowest BCUT2D eigenvalue weighted by molar-refractivity contribution is -0.139. The first-order chi connectivity index (χ1) is 16.5. The fourth-order valence-electron chi connectivity index (χ4n) is 3.40. The van der Waals surface area contributed by atoms with Crippen LogP contribution in [0.3, 0.4) is 0 Å². The first-order valence-corrected chi connectivity index (χ1v) is 10.8. The van der Waals surface area contributed by atoms with Gasteiger partial charge in [0.05, 0.1) is 0 Å². The Morgan fingerprint density at radius 1 is 0.912 bits per heavy atom. The molecule has 0 unspecified atom stereocenters. The molecule has 3 aromatic rings. The lowest BCUT2D eigenvalue weighted by Gasteiger charge is -2.17. The minimum absolute atomic E-state index is 0.0864. The summed E-state index contributed by atoms with van der Waals surface area (Å²) in [7, 11) is 0. The minimum atomic E-state index is -1.14. The quantitative estimate of drug-likeness (QED) is 0.390.